The lowest BCUT2D eigenvalue weighted by molar-refractivity contribution is -0.135. The molecule has 0 radical (unpaired) electrons. The second-order valence-electron chi connectivity index (χ2n) is 7.66. The maximum absolute atomic E-state index is 12.7. The summed E-state index contributed by atoms with van der Waals surface area (Å²) in [5.41, 5.74) is 0.694. The molecule has 0 aliphatic heterocycles. The lowest BCUT2D eigenvalue weighted by Crippen LogP contribution is -2.38. The number of Topliss-reactive ketones (excluding diaryl/α,β-unsaturated/α-hetero) is 2. The number of ketones is 2. The van der Waals surface area contributed by atoms with Crippen molar-refractivity contribution in [1.82, 2.24) is 0 Å². The molecule has 2 nitrogen and oxygen atoms in total. The van der Waals surface area contributed by atoms with Crippen LogP contribution in [0.3, 0.4) is 0 Å². The number of hydrogen-bond donors (Lipinski definition) is 0. The van der Waals surface area contributed by atoms with Crippen LogP contribution in [0.25, 0.3) is 0 Å². The fraction of sp³-hybridized carbons (Fsp3) is 0.875. The molecule has 4 aliphatic carbocycles. The van der Waals surface area contributed by atoms with E-state index in [1.807, 2.05) is 0 Å². The molecule has 4 aliphatic rings. The Morgan fingerprint density at radius 2 is 1.89 bits per heavy atom. The second-order valence-corrected chi connectivity index (χ2v) is 7.66. The minimum atomic E-state index is 0.224. The molecule has 2 heteroatoms. The molecule has 0 aromatic carbocycles. The van der Waals surface area contributed by atoms with Gasteiger partial charge < -0.3 is 0 Å². The number of rotatable bonds is 2. The van der Waals surface area contributed by atoms with E-state index in [1.165, 1.54) is 6.42 Å². The smallest absolute Gasteiger partial charge is 0.140 e. The summed E-state index contributed by atoms with van der Waals surface area (Å²) in [7, 11) is 0. The quantitative estimate of drug-likeness (QED) is 0.750. The first-order valence-corrected chi connectivity index (χ1v) is 7.55. The van der Waals surface area contributed by atoms with Crippen LogP contribution in [0, 0.1) is 34.5 Å². The van der Waals surface area contributed by atoms with E-state index < -0.39 is 0 Å². The van der Waals surface area contributed by atoms with Gasteiger partial charge in [-0.05, 0) is 42.4 Å². The van der Waals surface area contributed by atoms with Crippen LogP contribution >= 0.6 is 0 Å². The molecule has 4 saturated carbocycles. The van der Waals surface area contributed by atoms with Crippen molar-refractivity contribution < 1.29 is 9.59 Å². The lowest BCUT2D eigenvalue weighted by Gasteiger charge is -2.33. The van der Waals surface area contributed by atoms with Crippen LogP contribution < -0.4 is 0 Å². The van der Waals surface area contributed by atoms with Gasteiger partial charge in [-0.25, -0.2) is 0 Å². The van der Waals surface area contributed by atoms with Crippen molar-refractivity contribution in [1.29, 1.82) is 0 Å². The molecule has 18 heavy (non-hydrogen) atoms. The standard InChI is InChI=1S/C16H22O2/c1-15-8-16(15,2)14(15)13(18)11-6-7-12(17)10-5-3-4-9(10)11/h9-11,14H,3-8H2,1-2H3. The molecule has 0 aromatic heterocycles. The largest absolute Gasteiger partial charge is 0.299 e. The molecule has 0 aromatic rings. The Morgan fingerprint density at radius 3 is 2.50 bits per heavy atom. The lowest BCUT2D eigenvalue weighted by atomic mass is 9.69. The van der Waals surface area contributed by atoms with E-state index in [1.54, 1.807) is 0 Å². The van der Waals surface area contributed by atoms with Gasteiger partial charge in [0.1, 0.15) is 11.6 Å². The van der Waals surface area contributed by atoms with Gasteiger partial charge >= 0.3 is 0 Å². The van der Waals surface area contributed by atoms with Crippen LogP contribution in [0.2, 0.25) is 0 Å². The molecule has 98 valence electrons. The van der Waals surface area contributed by atoms with Crippen molar-refractivity contribution in [2.75, 3.05) is 0 Å². The maximum Gasteiger partial charge on any atom is 0.140 e. The predicted molar refractivity (Wildman–Crippen MR) is 67.9 cm³/mol. The average molecular weight is 246 g/mol. The van der Waals surface area contributed by atoms with Gasteiger partial charge in [-0.15, -0.1) is 0 Å². The van der Waals surface area contributed by atoms with Gasteiger partial charge in [0.15, 0.2) is 0 Å². The first-order valence-electron chi connectivity index (χ1n) is 7.55. The molecule has 0 heterocycles. The fourth-order valence-corrected chi connectivity index (χ4v) is 5.51. The van der Waals surface area contributed by atoms with Crippen LogP contribution in [-0.2, 0) is 9.59 Å². The van der Waals surface area contributed by atoms with Gasteiger partial charge in [0.25, 0.3) is 0 Å². The van der Waals surface area contributed by atoms with E-state index >= 15 is 0 Å². The average Bonchev–Trinajstić information content (AvgIpc) is 2.90. The topological polar surface area (TPSA) is 34.1 Å². The Labute approximate surface area is 109 Å². The van der Waals surface area contributed by atoms with E-state index in [0.717, 1.165) is 25.7 Å². The second kappa shape index (κ2) is 3.08. The monoisotopic (exact) mass is 246 g/mol. The molecule has 5 unspecified atom stereocenters. The number of carbonyl (C=O) groups is 2. The Morgan fingerprint density at radius 1 is 1.17 bits per heavy atom. The predicted octanol–water partition coefficient (Wildman–Crippen LogP) is 3.00. The van der Waals surface area contributed by atoms with E-state index in [9.17, 15) is 9.59 Å². The Kier molecular flexibility index (Phi) is 1.91. The zero-order chi connectivity index (χ0) is 12.7. The molecule has 0 amide bonds. The highest BCUT2D eigenvalue weighted by Gasteiger charge is 2.87. The third-order valence-electron chi connectivity index (χ3n) is 6.96. The SMILES string of the molecule is CC12CC1(C)C2C(=O)C1CCC(=O)C2CCCC21. The summed E-state index contributed by atoms with van der Waals surface area (Å²) in [5, 5.41) is 0. The van der Waals surface area contributed by atoms with Crippen LogP contribution in [-0.4, -0.2) is 11.6 Å². The van der Waals surface area contributed by atoms with Crippen LogP contribution in [0.15, 0.2) is 0 Å². The first kappa shape index (κ1) is 11.2. The summed E-state index contributed by atoms with van der Waals surface area (Å²) in [4.78, 5) is 24.7. The summed E-state index contributed by atoms with van der Waals surface area (Å²) >= 11 is 0. The molecule has 5 atom stereocenters. The molecule has 0 bridgehead atoms. The van der Waals surface area contributed by atoms with E-state index in [4.69, 9.17) is 0 Å². The summed E-state index contributed by atoms with van der Waals surface area (Å²) in [6.07, 6.45) is 6.08. The van der Waals surface area contributed by atoms with Gasteiger partial charge in [-0.1, -0.05) is 20.3 Å². The van der Waals surface area contributed by atoms with E-state index in [0.29, 0.717) is 40.7 Å². The van der Waals surface area contributed by atoms with Crippen molar-refractivity contribution in [2.45, 2.75) is 52.4 Å². The van der Waals surface area contributed by atoms with Gasteiger partial charge in [0.2, 0.25) is 0 Å². The van der Waals surface area contributed by atoms with Gasteiger partial charge in [-0.3, -0.25) is 9.59 Å². The van der Waals surface area contributed by atoms with Crippen LogP contribution in [0.5, 0.6) is 0 Å². The zero-order valence-electron chi connectivity index (χ0n) is 11.4. The summed E-state index contributed by atoms with van der Waals surface area (Å²) in [5.74, 6) is 2.18. The minimum absolute atomic E-state index is 0.224. The molecule has 4 fully saturated rings. The molecule has 4 rings (SSSR count). The molecule has 0 saturated heterocycles. The Bertz CT molecular complexity index is 440. The summed E-state index contributed by atoms with van der Waals surface area (Å²) < 4.78 is 0. The fourth-order valence-electron chi connectivity index (χ4n) is 5.51. The van der Waals surface area contributed by atoms with Crippen molar-refractivity contribution in [3.63, 3.8) is 0 Å². The normalized spacial score (nSPS) is 56.9. The van der Waals surface area contributed by atoms with Gasteiger partial charge in [-0.2, -0.15) is 0 Å². The summed E-state index contributed by atoms with van der Waals surface area (Å²) in [6.45, 7) is 4.55. The number of fused-ring (bicyclic) bond motifs is 2. The first-order chi connectivity index (χ1) is 8.49. The highest BCUT2D eigenvalue weighted by atomic mass is 16.1. The molecule has 0 spiro atoms. The molecule has 0 N–H and O–H groups in total. The summed E-state index contributed by atoms with van der Waals surface area (Å²) in [6, 6.07) is 0. The van der Waals surface area contributed by atoms with Gasteiger partial charge in [0, 0.05) is 24.2 Å². The Balaban J connectivity index is 1.55. The van der Waals surface area contributed by atoms with Crippen LogP contribution in [0.1, 0.15) is 52.4 Å². The minimum Gasteiger partial charge on any atom is -0.299 e. The molecular formula is C16H22O2. The van der Waals surface area contributed by atoms with Crippen molar-refractivity contribution >= 4 is 11.6 Å². The van der Waals surface area contributed by atoms with Crippen LogP contribution in [0.4, 0.5) is 0 Å². The van der Waals surface area contributed by atoms with Crippen molar-refractivity contribution in [3.8, 4) is 0 Å². The number of carbonyl (C=O) groups excluding carboxylic acids is 2. The maximum atomic E-state index is 12.7. The highest BCUT2D eigenvalue weighted by Crippen LogP contribution is 2.90. The highest BCUT2D eigenvalue weighted by molar-refractivity contribution is 5.93. The molecular weight excluding hydrogens is 224 g/mol. The van der Waals surface area contributed by atoms with Crippen molar-refractivity contribution in [3.05, 3.63) is 0 Å². The van der Waals surface area contributed by atoms with E-state index in [2.05, 4.69) is 13.8 Å². The zero-order valence-corrected chi connectivity index (χ0v) is 11.4. The third-order valence-corrected chi connectivity index (χ3v) is 6.96. The third kappa shape index (κ3) is 1.11. The number of hydrogen-bond acceptors (Lipinski definition) is 2. The van der Waals surface area contributed by atoms with Gasteiger partial charge in [0.05, 0.1) is 0 Å². The van der Waals surface area contributed by atoms with Crippen molar-refractivity contribution in [2.24, 2.45) is 34.5 Å². The Hall–Kier alpha value is -0.660. The van der Waals surface area contributed by atoms with E-state index in [-0.39, 0.29) is 11.8 Å².